The minimum absolute atomic E-state index is 0.164. The fraction of sp³-hybridized carbons (Fsp3) is 0.450. The van der Waals surface area contributed by atoms with Crippen LogP contribution in [0.5, 0.6) is 11.5 Å². The van der Waals surface area contributed by atoms with Crippen LogP contribution in [-0.2, 0) is 9.59 Å². The summed E-state index contributed by atoms with van der Waals surface area (Å²) in [4.78, 5) is 25.8. The lowest BCUT2D eigenvalue weighted by atomic mass is 9.63. The molecule has 26 heavy (non-hydrogen) atoms. The van der Waals surface area contributed by atoms with Crippen molar-refractivity contribution < 1.29 is 19.1 Å². The van der Waals surface area contributed by atoms with Crippen LogP contribution in [0.25, 0.3) is 0 Å². The minimum Gasteiger partial charge on any atom is -0.493 e. The maximum Gasteiger partial charge on any atom is 0.254 e. The Bertz CT molecular complexity index is 825. The summed E-state index contributed by atoms with van der Waals surface area (Å²) in [6.07, 6.45) is 6.97. The highest BCUT2D eigenvalue weighted by atomic mass is 16.5. The van der Waals surface area contributed by atoms with Gasteiger partial charge in [-0.15, -0.1) is 0 Å². The normalized spacial score (nSPS) is 36.5. The molecule has 5 aliphatic rings. The molecule has 0 unspecified atom stereocenters. The molecule has 0 spiro atoms. The van der Waals surface area contributed by atoms with E-state index >= 15 is 0 Å². The van der Waals surface area contributed by atoms with Crippen molar-refractivity contribution in [2.75, 3.05) is 14.2 Å². The Labute approximate surface area is 151 Å². The molecular weight excluding hydrogens is 332 g/mol. The van der Waals surface area contributed by atoms with Crippen LogP contribution >= 0.6 is 0 Å². The number of amides is 2. The highest BCUT2D eigenvalue weighted by Gasteiger charge is 2.67. The number of nitrogens with zero attached hydrogens (tertiary/aromatic N) is 2. The van der Waals surface area contributed by atoms with Gasteiger partial charge in [-0.2, -0.15) is 10.1 Å². The van der Waals surface area contributed by atoms with Crippen molar-refractivity contribution in [3.05, 3.63) is 35.9 Å². The standard InChI is InChI=1S/C20H20N2O4/c1-25-15-5-3-4-10(18(15)26-2)9-21-22-19(23)16-11-6-7-12(14-8-13(11)14)17(16)20(22)24/h3-7,9,11-14,16-17H,8H2,1-2H3/b21-9-/t11-,12+,13+,14-,16+,17-. The molecule has 134 valence electrons. The summed E-state index contributed by atoms with van der Waals surface area (Å²) in [5.74, 6) is 1.90. The van der Waals surface area contributed by atoms with Crippen molar-refractivity contribution in [2.45, 2.75) is 6.42 Å². The zero-order valence-corrected chi connectivity index (χ0v) is 14.7. The third-order valence-electron chi connectivity index (χ3n) is 6.39. The molecule has 0 aromatic heterocycles. The molecule has 1 saturated heterocycles. The van der Waals surface area contributed by atoms with E-state index in [4.69, 9.17) is 9.47 Å². The highest BCUT2D eigenvalue weighted by molar-refractivity contribution is 6.06. The van der Waals surface area contributed by atoms with Crippen molar-refractivity contribution in [1.82, 2.24) is 5.01 Å². The van der Waals surface area contributed by atoms with Gasteiger partial charge in [0.05, 0.1) is 32.3 Å². The smallest absolute Gasteiger partial charge is 0.254 e. The number of carbonyl (C=O) groups excluding carboxylic acids is 2. The number of imide groups is 1. The maximum absolute atomic E-state index is 12.9. The van der Waals surface area contributed by atoms with Gasteiger partial charge in [0.1, 0.15) is 0 Å². The largest absolute Gasteiger partial charge is 0.493 e. The minimum atomic E-state index is -0.231. The van der Waals surface area contributed by atoms with E-state index in [0.717, 1.165) is 11.4 Å². The average molecular weight is 352 g/mol. The monoisotopic (exact) mass is 352 g/mol. The summed E-state index contributed by atoms with van der Waals surface area (Å²) in [5, 5.41) is 5.32. The fourth-order valence-corrected chi connectivity index (χ4v) is 5.19. The van der Waals surface area contributed by atoms with Gasteiger partial charge in [-0.3, -0.25) is 9.59 Å². The number of hydrazone groups is 1. The summed E-state index contributed by atoms with van der Waals surface area (Å²) in [5.41, 5.74) is 0.659. The molecule has 6 atom stereocenters. The van der Waals surface area contributed by atoms with Gasteiger partial charge in [0.25, 0.3) is 11.8 Å². The topological polar surface area (TPSA) is 68.2 Å². The number of allylic oxidation sites excluding steroid dienone is 2. The highest BCUT2D eigenvalue weighted by Crippen LogP contribution is 2.65. The second-order valence-corrected chi connectivity index (χ2v) is 7.47. The first kappa shape index (κ1) is 15.6. The Hall–Kier alpha value is -2.63. The van der Waals surface area contributed by atoms with E-state index in [1.54, 1.807) is 20.3 Å². The van der Waals surface area contributed by atoms with E-state index in [9.17, 15) is 9.59 Å². The number of methoxy groups -OCH3 is 2. The van der Waals surface area contributed by atoms with Gasteiger partial charge < -0.3 is 9.47 Å². The number of ether oxygens (including phenoxy) is 2. The Balaban J connectivity index is 1.45. The summed E-state index contributed by atoms with van der Waals surface area (Å²) in [6, 6.07) is 5.41. The van der Waals surface area contributed by atoms with Crippen LogP contribution in [0.1, 0.15) is 12.0 Å². The molecule has 6 heteroatoms. The molecule has 0 radical (unpaired) electrons. The van der Waals surface area contributed by atoms with E-state index in [0.29, 0.717) is 28.9 Å². The lowest BCUT2D eigenvalue weighted by Crippen LogP contribution is -2.40. The van der Waals surface area contributed by atoms with Gasteiger partial charge >= 0.3 is 0 Å². The quantitative estimate of drug-likeness (QED) is 0.473. The molecule has 4 aliphatic carbocycles. The number of benzene rings is 1. The second kappa shape index (κ2) is 5.43. The molecule has 2 amide bonds. The van der Waals surface area contributed by atoms with Gasteiger partial charge in [0.15, 0.2) is 11.5 Å². The third kappa shape index (κ3) is 1.95. The van der Waals surface area contributed by atoms with Crippen LogP contribution in [0.15, 0.2) is 35.5 Å². The van der Waals surface area contributed by atoms with E-state index in [-0.39, 0.29) is 35.5 Å². The predicted molar refractivity (Wildman–Crippen MR) is 93.7 cm³/mol. The second-order valence-electron chi connectivity index (χ2n) is 7.47. The van der Waals surface area contributed by atoms with Crippen LogP contribution in [0.4, 0.5) is 0 Å². The first-order valence-electron chi connectivity index (χ1n) is 8.96. The molecule has 1 aliphatic heterocycles. The van der Waals surface area contributed by atoms with Crippen molar-refractivity contribution in [1.29, 1.82) is 0 Å². The zero-order chi connectivity index (χ0) is 18.0. The van der Waals surface area contributed by atoms with E-state index < -0.39 is 0 Å². The molecule has 1 aromatic carbocycles. The fourth-order valence-electron chi connectivity index (χ4n) is 5.19. The third-order valence-corrected chi connectivity index (χ3v) is 6.39. The van der Waals surface area contributed by atoms with Crippen LogP contribution in [-0.4, -0.2) is 37.3 Å². The van der Waals surface area contributed by atoms with Gasteiger partial charge in [0, 0.05) is 5.56 Å². The van der Waals surface area contributed by atoms with E-state index in [1.165, 1.54) is 6.21 Å². The molecule has 1 heterocycles. The maximum atomic E-state index is 12.9. The molecule has 3 fully saturated rings. The number of para-hydroxylation sites is 1. The first-order chi connectivity index (χ1) is 12.7. The molecule has 2 bridgehead atoms. The van der Waals surface area contributed by atoms with Crippen molar-refractivity contribution in [3.8, 4) is 11.5 Å². The lowest BCUT2D eigenvalue weighted by molar-refractivity contribution is -0.140. The number of carbonyl (C=O) groups is 2. The van der Waals surface area contributed by atoms with Crippen molar-refractivity contribution in [3.63, 3.8) is 0 Å². The van der Waals surface area contributed by atoms with E-state index in [1.807, 2.05) is 12.1 Å². The molecule has 6 rings (SSSR count). The number of rotatable bonds is 4. The van der Waals surface area contributed by atoms with Crippen LogP contribution in [0, 0.1) is 35.5 Å². The average Bonchev–Trinajstić information content (AvgIpc) is 3.45. The van der Waals surface area contributed by atoms with Crippen LogP contribution in [0.3, 0.4) is 0 Å². The van der Waals surface area contributed by atoms with Crippen LogP contribution < -0.4 is 9.47 Å². The first-order valence-corrected chi connectivity index (χ1v) is 8.96. The molecule has 2 saturated carbocycles. The Morgan fingerprint density at radius 3 is 2.27 bits per heavy atom. The van der Waals surface area contributed by atoms with Crippen molar-refractivity contribution in [2.24, 2.45) is 40.6 Å². The summed E-state index contributed by atoms with van der Waals surface area (Å²) in [7, 11) is 3.11. The number of hydrogen-bond acceptors (Lipinski definition) is 5. The molecule has 0 N–H and O–H groups in total. The van der Waals surface area contributed by atoms with Gasteiger partial charge in [-0.25, -0.2) is 0 Å². The summed E-state index contributed by atoms with van der Waals surface area (Å²) >= 11 is 0. The lowest BCUT2D eigenvalue weighted by Gasteiger charge is -2.37. The Kier molecular flexibility index (Phi) is 3.26. The predicted octanol–water partition coefficient (Wildman–Crippen LogP) is 2.09. The Morgan fingerprint density at radius 2 is 1.69 bits per heavy atom. The Morgan fingerprint density at radius 1 is 1.04 bits per heavy atom. The SMILES string of the molecule is COc1cccc(/C=N\N2C(=O)[C@@H]3[C@H]4C=C[C@H]([C@@H]5C[C@H]45)[C@@H]3C2=O)c1OC. The number of hydrogen-bond donors (Lipinski definition) is 0. The molecule has 1 aromatic rings. The zero-order valence-electron chi connectivity index (χ0n) is 14.7. The molecular formula is C20H20N2O4. The van der Waals surface area contributed by atoms with Crippen molar-refractivity contribution >= 4 is 18.0 Å². The van der Waals surface area contributed by atoms with Gasteiger partial charge in [-0.1, -0.05) is 18.2 Å². The van der Waals surface area contributed by atoms with Gasteiger partial charge in [-0.05, 0) is 42.2 Å². The summed E-state index contributed by atoms with van der Waals surface area (Å²) in [6.45, 7) is 0. The molecule has 6 nitrogen and oxygen atoms in total. The van der Waals surface area contributed by atoms with Crippen LogP contribution in [0.2, 0.25) is 0 Å². The van der Waals surface area contributed by atoms with E-state index in [2.05, 4.69) is 17.3 Å². The summed E-state index contributed by atoms with van der Waals surface area (Å²) < 4.78 is 10.7. The van der Waals surface area contributed by atoms with Gasteiger partial charge in [0.2, 0.25) is 0 Å².